The van der Waals surface area contributed by atoms with E-state index in [-0.39, 0.29) is 0 Å². The van der Waals surface area contributed by atoms with E-state index in [0.29, 0.717) is 0 Å². The Morgan fingerprint density at radius 1 is 0.895 bits per heavy atom. The topological polar surface area (TPSA) is 20.7 Å². The van der Waals surface area contributed by atoms with Crippen LogP contribution in [0, 0.1) is 25.5 Å². The van der Waals surface area contributed by atoms with Gasteiger partial charge in [0.25, 0.3) is 0 Å². The van der Waals surface area contributed by atoms with Gasteiger partial charge in [-0.2, -0.15) is 0 Å². The fourth-order valence-corrected chi connectivity index (χ4v) is 2.86. The zero-order valence-corrected chi connectivity index (χ0v) is 12.1. The molecule has 3 aromatic rings. The quantitative estimate of drug-likeness (QED) is 0.639. The van der Waals surface area contributed by atoms with Crippen LogP contribution in [0.25, 0.3) is 16.7 Å². The van der Waals surface area contributed by atoms with Crippen molar-refractivity contribution in [2.75, 3.05) is 0 Å². The number of aryl methyl sites for hydroxylation is 3. The highest BCUT2D eigenvalue weighted by molar-refractivity contribution is 7.71. The molecule has 0 aliphatic carbocycles. The second-order valence-corrected chi connectivity index (χ2v) is 5.52. The molecule has 1 heterocycles. The van der Waals surface area contributed by atoms with Crippen LogP contribution in [0.15, 0.2) is 36.4 Å². The van der Waals surface area contributed by atoms with Gasteiger partial charge in [-0.1, -0.05) is 12.1 Å². The maximum absolute atomic E-state index is 5.47. The summed E-state index contributed by atoms with van der Waals surface area (Å²) < 4.78 is 2.85. The molecule has 0 saturated heterocycles. The Hall–Kier alpha value is -1.87. The van der Waals surface area contributed by atoms with E-state index in [2.05, 4.69) is 66.7 Å². The Labute approximate surface area is 117 Å². The van der Waals surface area contributed by atoms with Crippen molar-refractivity contribution in [1.29, 1.82) is 0 Å². The van der Waals surface area contributed by atoms with Crippen molar-refractivity contribution in [3.8, 4) is 5.69 Å². The molecule has 0 spiro atoms. The number of nitrogens with zero attached hydrogens (tertiary/aromatic N) is 1. The first-order chi connectivity index (χ1) is 9.04. The summed E-state index contributed by atoms with van der Waals surface area (Å²) in [4.78, 5) is 3.27. The van der Waals surface area contributed by atoms with E-state index < -0.39 is 0 Å². The lowest BCUT2D eigenvalue weighted by atomic mass is 10.1. The molecule has 0 bridgehead atoms. The van der Waals surface area contributed by atoms with Crippen LogP contribution in [-0.4, -0.2) is 9.55 Å². The van der Waals surface area contributed by atoms with Crippen LogP contribution in [0.2, 0.25) is 0 Å². The second-order valence-electron chi connectivity index (χ2n) is 5.13. The number of fused-ring (bicyclic) bond motifs is 1. The van der Waals surface area contributed by atoms with Crippen LogP contribution in [0.5, 0.6) is 0 Å². The fraction of sp³-hybridized carbons (Fsp3) is 0.188. The lowest BCUT2D eigenvalue weighted by Crippen LogP contribution is -1.95. The first-order valence-electron chi connectivity index (χ1n) is 6.35. The summed E-state index contributed by atoms with van der Waals surface area (Å²) in [7, 11) is 0. The highest BCUT2D eigenvalue weighted by Crippen LogP contribution is 2.22. The Bertz CT molecular complexity index is 804. The molecule has 0 saturated carbocycles. The number of aromatic nitrogens is 2. The number of hydrogen-bond acceptors (Lipinski definition) is 1. The number of nitrogens with one attached hydrogen (secondary N) is 1. The third-order valence-corrected chi connectivity index (χ3v) is 3.59. The summed E-state index contributed by atoms with van der Waals surface area (Å²) in [5, 5.41) is 0. The zero-order valence-electron chi connectivity index (χ0n) is 11.3. The molecule has 0 aliphatic rings. The summed E-state index contributed by atoms with van der Waals surface area (Å²) in [6, 6.07) is 12.8. The highest BCUT2D eigenvalue weighted by Gasteiger charge is 2.07. The van der Waals surface area contributed by atoms with Crippen LogP contribution >= 0.6 is 12.2 Å². The molecule has 1 N–H and O–H groups in total. The zero-order chi connectivity index (χ0) is 13.6. The van der Waals surface area contributed by atoms with Crippen molar-refractivity contribution in [3.05, 3.63) is 57.9 Å². The maximum Gasteiger partial charge on any atom is 0.182 e. The molecule has 19 heavy (non-hydrogen) atoms. The molecule has 2 nitrogen and oxygen atoms in total. The predicted octanol–water partition coefficient (Wildman–Crippen LogP) is 4.61. The Kier molecular flexibility index (Phi) is 2.79. The minimum Gasteiger partial charge on any atom is -0.330 e. The Morgan fingerprint density at radius 2 is 1.58 bits per heavy atom. The van der Waals surface area contributed by atoms with Gasteiger partial charge in [-0.25, -0.2) is 0 Å². The monoisotopic (exact) mass is 268 g/mol. The highest BCUT2D eigenvalue weighted by atomic mass is 32.1. The van der Waals surface area contributed by atoms with E-state index in [0.717, 1.165) is 21.5 Å². The van der Waals surface area contributed by atoms with Gasteiger partial charge in [-0.05, 0) is 73.9 Å². The van der Waals surface area contributed by atoms with Crippen molar-refractivity contribution < 1.29 is 0 Å². The largest absolute Gasteiger partial charge is 0.330 e. The first kappa shape index (κ1) is 12.2. The number of hydrogen-bond donors (Lipinski definition) is 1. The molecule has 0 radical (unpaired) electrons. The van der Waals surface area contributed by atoms with Gasteiger partial charge >= 0.3 is 0 Å². The molecule has 0 aliphatic heterocycles. The molecule has 0 fully saturated rings. The van der Waals surface area contributed by atoms with E-state index in [1.54, 1.807) is 0 Å². The van der Waals surface area contributed by atoms with E-state index in [1.165, 1.54) is 16.7 Å². The van der Waals surface area contributed by atoms with Crippen molar-refractivity contribution in [1.82, 2.24) is 9.55 Å². The molecule has 96 valence electrons. The molecular weight excluding hydrogens is 252 g/mol. The van der Waals surface area contributed by atoms with Gasteiger partial charge in [-0.15, -0.1) is 0 Å². The third kappa shape index (κ3) is 2.10. The predicted molar refractivity (Wildman–Crippen MR) is 82.7 cm³/mol. The number of benzene rings is 2. The summed E-state index contributed by atoms with van der Waals surface area (Å²) in [5.41, 5.74) is 7.07. The van der Waals surface area contributed by atoms with Gasteiger partial charge in [0.2, 0.25) is 0 Å². The molecule has 1 aromatic heterocycles. The van der Waals surface area contributed by atoms with Crippen molar-refractivity contribution in [2.24, 2.45) is 0 Å². The number of rotatable bonds is 1. The van der Waals surface area contributed by atoms with Crippen LogP contribution < -0.4 is 0 Å². The van der Waals surface area contributed by atoms with Crippen LogP contribution in [0.1, 0.15) is 16.7 Å². The minimum atomic E-state index is 0.741. The number of imidazole rings is 1. The summed E-state index contributed by atoms with van der Waals surface area (Å²) in [5.74, 6) is 0. The van der Waals surface area contributed by atoms with E-state index in [4.69, 9.17) is 12.2 Å². The second kappa shape index (κ2) is 4.35. The normalized spacial score (nSPS) is 11.1. The van der Waals surface area contributed by atoms with Gasteiger partial charge in [0, 0.05) is 5.69 Å². The van der Waals surface area contributed by atoms with E-state index >= 15 is 0 Å². The molecule has 0 atom stereocenters. The summed E-state index contributed by atoms with van der Waals surface area (Å²) in [6.07, 6.45) is 0. The van der Waals surface area contributed by atoms with Crippen molar-refractivity contribution in [3.63, 3.8) is 0 Å². The molecular formula is C16H16N2S. The molecule has 0 unspecified atom stereocenters. The van der Waals surface area contributed by atoms with Crippen LogP contribution in [0.3, 0.4) is 0 Å². The van der Waals surface area contributed by atoms with Crippen LogP contribution in [0.4, 0.5) is 0 Å². The van der Waals surface area contributed by atoms with Crippen LogP contribution in [-0.2, 0) is 0 Å². The lowest BCUT2D eigenvalue weighted by molar-refractivity contribution is 1.06. The first-order valence-corrected chi connectivity index (χ1v) is 6.75. The molecule has 0 amide bonds. The minimum absolute atomic E-state index is 0.741. The summed E-state index contributed by atoms with van der Waals surface area (Å²) >= 11 is 5.47. The molecule has 3 rings (SSSR count). The smallest absolute Gasteiger partial charge is 0.182 e. The van der Waals surface area contributed by atoms with E-state index in [9.17, 15) is 0 Å². The SMILES string of the molecule is Cc1cc(C)cc(-n2c(=S)[nH]c3ccc(C)cc32)c1. The Balaban J connectivity index is 2.38. The average Bonchev–Trinajstić information content (AvgIpc) is 2.63. The van der Waals surface area contributed by atoms with E-state index in [1.807, 2.05) is 0 Å². The maximum atomic E-state index is 5.47. The van der Waals surface area contributed by atoms with Crippen molar-refractivity contribution in [2.45, 2.75) is 20.8 Å². The lowest BCUT2D eigenvalue weighted by Gasteiger charge is -2.08. The Morgan fingerprint density at radius 3 is 2.26 bits per heavy atom. The van der Waals surface area contributed by atoms with Gasteiger partial charge in [0.05, 0.1) is 11.0 Å². The average molecular weight is 268 g/mol. The van der Waals surface area contributed by atoms with Crippen molar-refractivity contribution >= 4 is 23.3 Å². The molecule has 3 heteroatoms. The summed E-state index contributed by atoms with van der Waals surface area (Å²) in [6.45, 7) is 6.32. The molecule has 2 aromatic carbocycles. The standard InChI is InChI=1S/C16H16N2S/c1-10-4-5-14-15(9-10)18(16(19)17-14)13-7-11(2)6-12(3)8-13/h4-9H,1-3H3,(H,17,19). The third-order valence-electron chi connectivity index (χ3n) is 3.30. The fourth-order valence-electron chi connectivity index (χ4n) is 2.55. The van der Waals surface area contributed by atoms with Gasteiger partial charge in [0.1, 0.15) is 0 Å². The van der Waals surface area contributed by atoms with Gasteiger partial charge in [-0.3, -0.25) is 4.57 Å². The number of aromatic amines is 1. The van der Waals surface area contributed by atoms with Gasteiger partial charge < -0.3 is 4.98 Å². The number of H-pyrrole nitrogens is 1. The van der Waals surface area contributed by atoms with Gasteiger partial charge in [0.15, 0.2) is 4.77 Å².